The van der Waals surface area contributed by atoms with Crippen molar-refractivity contribution >= 4 is 70.6 Å². The van der Waals surface area contributed by atoms with Crippen molar-refractivity contribution in [1.82, 2.24) is 0 Å². The van der Waals surface area contributed by atoms with E-state index >= 15 is 0 Å². The summed E-state index contributed by atoms with van der Waals surface area (Å²) in [5, 5.41) is 0. The van der Waals surface area contributed by atoms with Crippen molar-refractivity contribution in [2.75, 3.05) is 0 Å². The monoisotopic (exact) mass is 206 g/mol. The Balaban J connectivity index is -0.000000333. The third-order valence-electron chi connectivity index (χ3n) is 1.11. The molecule has 1 rings (SSSR count). The average molecular weight is 204 g/mol. The Morgan fingerprint density at radius 2 is 0.769 bits per heavy atom. The van der Waals surface area contributed by atoms with E-state index in [9.17, 15) is 0 Å². The molecule has 12 radical (unpaired) electrons. The maximum Gasteiger partial charge on any atom is 1.00 e. The summed E-state index contributed by atoms with van der Waals surface area (Å²) < 4.78 is 0. The summed E-state index contributed by atoms with van der Waals surface area (Å²) in [4.78, 5) is 0. The molecule has 1 fully saturated rings. The normalized spacial score (nSPS) is 13.5. The van der Waals surface area contributed by atoms with E-state index in [0.717, 1.165) is 0 Å². The number of hydrogen-bond donors (Lipinski definition) is 0. The van der Waals surface area contributed by atoms with Gasteiger partial charge in [-0.1, -0.05) is 0 Å². The van der Waals surface area contributed by atoms with Crippen LogP contribution in [0.4, 0.5) is 0 Å². The first-order valence-corrected chi connectivity index (χ1v) is 3.33. The van der Waals surface area contributed by atoms with Gasteiger partial charge in [0.25, 0.3) is 0 Å². The summed E-state index contributed by atoms with van der Waals surface area (Å²) in [5.74, 6) is 0. The van der Waals surface area contributed by atoms with Crippen LogP contribution in [0.2, 0.25) is 0 Å². The Hall–Kier alpha value is 3.88. The van der Waals surface area contributed by atoms with Crippen LogP contribution in [0.3, 0.4) is 0 Å². The van der Waals surface area contributed by atoms with Crippen molar-refractivity contribution in [3.63, 3.8) is 0 Å². The van der Waals surface area contributed by atoms with Gasteiger partial charge < -0.3 is 19.6 Å². The van der Waals surface area contributed by atoms with Crippen molar-refractivity contribution in [2.45, 2.75) is 0 Å². The number of hydrogen-bond acceptors (Lipinski definition) is 0. The van der Waals surface area contributed by atoms with Crippen LogP contribution in [0.5, 0.6) is 0 Å². The van der Waals surface area contributed by atoms with Gasteiger partial charge in [0.2, 0.25) is 0 Å². The Morgan fingerprint density at radius 1 is 0.538 bits per heavy atom. The van der Waals surface area contributed by atoms with E-state index < -0.39 is 0 Å². The average Bonchev–Trinajstić information content (AvgIpc) is 2.01. The minimum Gasteiger partial charge on any atom is -0.447 e. The van der Waals surface area contributed by atoms with Crippen LogP contribution in [0.15, 0.2) is 0 Å². The fourth-order valence-electron chi connectivity index (χ4n) is 0.642. The van der Waals surface area contributed by atoms with Gasteiger partial charge >= 0.3 is 103 Å². The summed E-state index contributed by atoms with van der Waals surface area (Å²) in [6.45, 7) is 0. The molecule has 0 bridgehead atoms. The molecule has 0 saturated carbocycles. The first-order chi connectivity index (χ1) is 5.00. The maximum absolute atomic E-state index is 2.00. The Labute approximate surface area is 174 Å². The van der Waals surface area contributed by atoms with Crippen LogP contribution >= 0.6 is 0 Å². The van der Waals surface area contributed by atoms with Gasteiger partial charge in [-0.25, -0.2) is 28.2 Å². The van der Waals surface area contributed by atoms with E-state index in [4.69, 9.17) is 0 Å². The quantitative estimate of drug-likeness (QED) is 0.351. The molecule has 0 spiro atoms. The first-order valence-electron chi connectivity index (χ1n) is 3.33. The summed E-state index contributed by atoms with van der Waals surface area (Å²) in [7, 11) is 20.0. The number of rotatable bonds is 0. The molecule has 2 N–H and O–H groups in total. The van der Waals surface area contributed by atoms with Gasteiger partial charge in [0.15, 0.2) is 0 Å². The van der Waals surface area contributed by atoms with Crippen LogP contribution in [0.25, 0.3) is 0 Å². The molecule has 1 nitrogen and oxygen atoms in total. The van der Waals surface area contributed by atoms with E-state index in [1.807, 2.05) is 70.6 Å². The Morgan fingerprint density at radius 3 is 1.00 bits per heavy atom. The zero-order valence-corrected chi connectivity index (χ0v) is 14.5. The van der Waals surface area contributed by atoms with Gasteiger partial charge in [0.1, 0.15) is 0 Å². The zero-order valence-electron chi connectivity index (χ0n) is 8.27. The molecule has 0 aromatic carbocycles. The predicted molar refractivity (Wildman–Crippen MR) is 61.2 cm³/mol. The third-order valence-corrected chi connectivity index (χ3v) is 1.11. The Kier molecular flexibility index (Phi) is 31.0. The van der Waals surface area contributed by atoms with Crippen LogP contribution in [-0.2, 0) is 0 Å². The molecule has 1 aliphatic heterocycles. The summed E-state index contributed by atoms with van der Waals surface area (Å²) in [6.07, 6.45) is 0. The van der Waals surface area contributed by atoms with Gasteiger partial charge in [0, 0.05) is 0 Å². The molecule has 40 valence electrons. The van der Waals surface area contributed by atoms with E-state index in [2.05, 4.69) is 0 Å². The fraction of sp³-hybridized carbons (Fsp3) is 0. The van der Waals surface area contributed by atoms with Crippen molar-refractivity contribution in [2.24, 2.45) is 0 Å². The minimum absolute atomic E-state index is 0. The summed E-state index contributed by atoms with van der Waals surface area (Å²) in [6, 6.07) is 0. The Bertz CT molecular complexity index is 46.1. The molecule has 0 aromatic rings. The SMILES string of the molecule is O.[B]1[B][B][B-][B][B][B][B][B-][B]1.[K+].[K+]. The van der Waals surface area contributed by atoms with Crippen LogP contribution < -0.4 is 103 Å². The van der Waals surface area contributed by atoms with Gasteiger partial charge in [0.05, 0.1) is 0 Å². The van der Waals surface area contributed by atoms with Crippen molar-refractivity contribution in [1.29, 1.82) is 0 Å². The van der Waals surface area contributed by atoms with Gasteiger partial charge in [-0.3, -0.25) is 0 Å². The molecule has 1 heterocycles. The predicted octanol–water partition coefficient (Wildman–Crippen LogP) is -10.6. The minimum atomic E-state index is 0. The molecule has 0 unspecified atom stereocenters. The van der Waals surface area contributed by atoms with E-state index in [-0.39, 0.29) is 108 Å². The van der Waals surface area contributed by atoms with Crippen molar-refractivity contribution in [3.8, 4) is 0 Å². The van der Waals surface area contributed by atoms with Gasteiger partial charge in [-0.15, -0.1) is 0 Å². The van der Waals surface area contributed by atoms with Crippen LogP contribution in [0.1, 0.15) is 0 Å². The van der Waals surface area contributed by atoms with Crippen LogP contribution in [-0.4, -0.2) is 76.1 Å². The summed E-state index contributed by atoms with van der Waals surface area (Å²) in [5.41, 5.74) is 0. The smallest absolute Gasteiger partial charge is 0.447 e. The third kappa shape index (κ3) is 15.9. The largest absolute Gasteiger partial charge is 1.00 e. The molecular formula is H2B10K2O. The molecule has 0 amide bonds. The van der Waals surface area contributed by atoms with Gasteiger partial charge in [-0.05, 0) is 28.2 Å². The van der Waals surface area contributed by atoms with Crippen molar-refractivity contribution < 1.29 is 108 Å². The van der Waals surface area contributed by atoms with Crippen LogP contribution in [0, 0.1) is 0 Å². The van der Waals surface area contributed by atoms with Gasteiger partial charge in [-0.2, -0.15) is 0 Å². The summed E-state index contributed by atoms with van der Waals surface area (Å²) >= 11 is 0. The maximum atomic E-state index is 2.00. The standard InChI is InChI=1S/B10.2K.H2O/c1-2-4-6-8-10-9-7-5-3-1;;;/h;;;1H2/q-2;2*+1;. The van der Waals surface area contributed by atoms with E-state index in [1.54, 1.807) is 0 Å². The fourth-order valence-corrected chi connectivity index (χ4v) is 0.642. The molecule has 1 aliphatic rings. The zero-order chi connectivity index (χ0) is 7.07. The molecule has 13 heavy (non-hydrogen) atoms. The van der Waals surface area contributed by atoms with E-state index in [0.29, 0.717) is 0 Å². The molecule has 13 heteroatoms. The first kappa shape index (κ1) is 22.1. The molecule has 0 aliphatic carbocycles. The molecule has 1 saturated heterocycles. The second-order valence-electron chi connectivity index (χ2n) is 1.92. The second kappa shape index (κ2) is 18.3. The van der Waals surface area contributed by atoms with Crippen molar-refractivity contribution in [3.05, 3.63) is 0 Å². The topological polar surface area (TPSA) is 31.5 Å². The van der Waals surface area contributed by atoms with E-state index in [1.165, 1.54) is 0 Å². The molecule has 0 aromatic heterocycles. The second-order valence-corrected chi connectivity index (χ2v) is 1.92. The molecule has 0 atom stereocenters. The molecular weight excluding hydrogens is 202 g/mol.